The number of nitrogens with zero attached hydrogens (tertiary/aromatic N) is 1. The molecule has 3 rings (SSSR count). The number of rotatable bonds is 1. The lowest BCUT2D eigenvalue weighted by molar-refractivity contribution is 0.0614. The summed E-state index contributed by atoms with van der Waals surface area (Å²) in [6.07, 6.45) is 10.5. The molecule has 0 spiro atoms. The summed E-state index contributed by atoms with van der Waals surface area (Å²) in [5, 5.41) is 0. The number of hydrogen-bond donors (Lipinski definition) is 0. The van der Waals surface area contributed by atoms with Gasteiger partial charge in [-0.05, 0) is 37.1 Å². The van der Waals surface area contributed by atoms with Crippen molar-refractivity contribution >= 4 is 5.91 Å². The monoisotopic (exact) mass is 257 g/mol. The fraction of sp³-hybridized carbons (Fsp3) is 0.312. The van der Waals surface area contributed by atoms with Crippen LogP contribution in [0.1, 0.15) is 23.2 Å². The van der Waals surface area contributed by atoms with E-state index < -0.39 is 0 Å². The van der Waals surface area contributed by atoms with Gasteiger partial charge in [0.25, 0.3) is 5.91 Å². The number of amides is 1. The molecule has 0 bridgehead atoms. The van der Waals surface area contributed by atoms with Gasteiger partial charge in [0.2, 0.25) is 0 Å². The van der Waals surface area contributed by atoms with Crippen molar-refractivity contribution in [1.29, 1.82) is 0 Å². The van der Waals surface area contributed by atoms with Crippen LogP contribution >= 0.6 is 0 Å². The topological polar surface area (TPSA) is 20.3 Å². The molecule has 0 aromatic heterocycles. The summed E-state index contributed by atoms with van der Waals surface area (Å²) in [5.41, 5.74) is 0.560. The molecule has 1 fully saturated rings. The third-order valence-corrected chi connectivity index (χ3v) is 3.86. The Balaban J connectivity index is 1.84. The molecular weight excluding hydrogens is 241 g/mol. The lowest BCUT2D eigenvalue weighted by Gasteiger charge is -2.39. The molecule has 0 saturated carbocycles. The van der Waals surface area contributed by atoms with Crippen molar-refractivity contribution in [1.82, 2.24) is 4.90 Å². The van der Waals surface area contributed by atoms with Gasteiger partial charge in [-0.15, -0.1) is 0 Å². The molecule has 1 aliphatic carbocycles. The van der Waals surface area contributed by atoms with Crippen LogP contribution in [0.4, 0.5) is 4.39 Å². The van der Waals surface area contributed by atoms with Crippen molar-refractivity contribution in [2.45, 2.75) is 18.9 Å². The fourth-order valence-electron chi connectivity index (χ4n) is 2.89. The standard InChI is InChI=1S/C16H16FNO/c17-14-9-7-13(8-10-14)16(19)18-11-3-5-12-4-1-2-6-15(12)18/h1-2,4,6-10,12,15H,3,5,11H2/t12-,15+/m1/s1. The number of carbonyl (C=O) groups excluding carboxylic acids is 1. The molecule has 1 aromatic rings. The molecule has 0 radical (unpaired) electrons. The lowest BCUT2D eigenvalue weighted by Crippen LogP contribution is -2.47. The predicted octanol–water partition coefficient (Wildman–Crippen LogP) is 3.17. The highest BCUT2D eigenvalue weighted by Crippen LogP contribution is 2.29. The third-order valence-electron chi connectivity index (χ3n) is 3.86. The van der Waals surface area contributed by atoms with Gasteiger partial charge in [0.15, 0.2) is 0 Å². The predicted molar refractivity (Wildman–Crippen MR) is 72.2 cm³/mol. The molecule has 2 aliphatic rings. The van der Waals surface area contributed by atoms with Crippen LogP contribution in [0.2, 0.25) is 0 Å². The maximum Gasteiger partial charge on any atom is 0.254 e. The van der Waals surface area contributed by atoms with Crippen molar-refractivity contribution in [3.05, 3.63) is 60.0 Å². The van der Waals surface area contributed by atoms with Gasteiger partial charge in [-0.1, -0.05) is 24.3 Å². The van der Waals surface area contributed by atoms with Crippen molar-refractivity contribution in [3.63, 3.8) is 0 Å². The van der Waals surface area contributed by atoms with Crippen molar-refractivity contribution < 1.29 is 9.18 Å². The minimum Gasteiger partial charge on any atom is -0.332 e. The highest BCUT2D eigenvalue weighted by Gasteiger charge is 2.32. The number of piperidine rings is 1. The Hall–Kier alpha value is -1.90. The summed E-state index contributed by atoms with van der Waals surface area (Å²) in [6, 6.07) is 5.94. The first-order valence-corrected chi connectivity index (χ1v) is 6.67. The average molecular weight is 257 g/mol. The molecule has 19 heavy (non-hydrogen) atoms. The zero-order valence-electron chi connectivity index (χ0n) is 10.6. The molecule has 3 heteroatoms. The van der Waals surface area contributed by atoms with Gasteiger partial charge in [-0.3, -0.25) is 4.79 Å². The highest BCUT2D eigenvalue weighted by atomic mass is 19.1. The molecule has 1 amide bonds. The van der Waals surface area contributed by atoms with Crippen LogP contribution in [0, 0.1) is 11.7 Å². The molecule has 0 N–H and O–H groups in total. The smallest absolute Gasteiger partial charge is 0.254 e. The summed E-state index contributed by atoms with van der Waals surface area (Å²) < 4.78 is 12.9. The maximum atomic E-state index is 12.9. The van der Waals surface area contributed by atoms with Gasteiger partial charge in [0.05, 0.1) is 6.04 Å². The number of carbonyl (C=O) groups is 1. The Morgan fingerprint density at radius 3 is 2.68 bits per heavy atom. The second-order valence-electron chi connectivity index (χ2n) is 5.07. The Morgan fingerprint density at radius 2 is 1.89 bits per heavy atom. The van der Waals surface area contributed by atoms with Gasteiger partial charge < -0.3 is 4.90 Å². The molecule has 1 aliphatic heterocycles. The second kappa shape index (κ2) is 5.00. The number of halogens is 1. The largest absolute Gasteiger partial charge is 0.332 e. The van der Waals surface area contributed by atoms with Crippen LogP contribution < -0.4 is 0 Å². The Labute approximate surface area is 112 Å². The maximum absolute atomic E-state index is 12.9. The van der Waals surface area contributed by atoms with E-state index in [-0.39, 0.29) is 17.8 Å². The molecule has 1 saturated heterocycles. The zero-order valence-corrected chi connectivity index (χ0v) is 10.6. The van der Waals surface area contributed by atoms with Gasteiger partial charge in [-0.2, -0.15) is 0 Å². The first-order chi connectivity index (χ1) is 9.25. The number of allylic oxidation sites excluding steroid dienone is 2. The number of likely N-dealkylation sites (tertiary alicyclic amines) is 1. The SMILES string of the molecule is O=C(c1ccc(F)cc1)N1CCC[C@H]2C=CC=C[C@@H]21. The Morgan fingerprint density at radius 1 is 1.16 bits per heavy atom. The summed E-state index contributed by atoms with van der Waals surface area (Å²) >= 11 is 0. The van der Waals surface area contributed by atoms with Gasteiger partial charge in [-0.25, -0.2) is 4.39 Å². The van der Waals surface area contributed by atoms with E-state index in [0.717, 1.165) is 19.4 Å². The van der Waals surface area contributed by atoms with Crippen molar-refractivity contribution in [3.8, 4) is 0 Å². The van der Waals surface area contributed by atoms with E-state index in [1.807, 2.05) is 17.1 Å². The number of hydrogen-bond acceptors (Lipinski definition) is 1. The minimum absolute atomic E-state index is 0.00495. The summed E-state index contributed by atoms with van der Waals surface area (Å²) in [6.45, 7) is 0.773. The van der Waals surface area contributed by atoms with E-state index in [9.17, 15) is 9.18 Å². The Kier molecular flexibility index (Phi) is 3.20. The molecule has 1 aromatic carbocycles. The molecular formula is C16H16FNO. The Bertz CT molecular complexity index is 532. The summed E-state index contributed by atoms with van der Waals surface area (Å²) in [7, 11) is 0. The van der Waals surface area contributed by atoms with Crippen LogP contribution in [0.5, 0.6) is 0 Å². The summed E-state index contributed by atoms with van der Waals surface area (Å²) in [4.78, 5) is 14.4. The van der Waals surface area contributed by atoms with Gasteiger partial charge in [0, 0.05) is 18.0 Å². The van der Waals surface area contributed by atoms with E-state index in [2.05, 4.69) is 12.2 Å². The van der Waals surface area contributed by atoms with Crippen LogP contribution in [0.3, 0.4) is 0 Å². The van der Waals surface area contributed by atoms with E-state index in [1.165, 1.54) is 12.1 Å². The molecule has 1 heterocycles. The van der Waals surface area contributed by atoms with Crippen LogP contribution in [0.25, 0.3) is 0 Å². The molecule has 0 unspecified atom stereocenters. The normalized spacial score (nSPS) is 25.2. The lowest BCUT2D eigenvalue weighted by atomic mass is 9.86. The van der Waals surface area contributed by atoms with Crippen LogP contribution in [0.15, 0.2) is 48.6 Å². The second-order valence-corrected chi connectivity index (χ2v) is 5.07. The van der Waals surface area contributed by atoms with E-state index in [1.54, 1.807) is 12.1 Å². The van der Waals surface area contributed by atoms with Crippen LogP contribution in [-0.2, 0) is 0 Å². The highest BCUT2D eigenvalue weighted by molar-refractivity contribution is 5.94. The quantitative estimate of drug-likeness (QED) is 0.756. The van der Waals surface area contributed by atoms with Crippen molar-refractivity contribution in [2.75, 3.05) is 6.54 Å². The first-order valence-electron chi connectivity index (χ1n) is 6.67. The molecule has 98 valence electrons. The van der Waals surface area contributed by atoms with E-state index in [4.69, 9.17) is 0 Å². The number of fused-ring (bicyclic) bond motifs is 1. The first kappa shape index (κ1) is 12.2. The number of benzene rings is 1. The van der Waals surface area contributed by atoms with Gasteiger partial charge >= 0.3 is 0 Å². The zero-order chi connectivity index (χ0) is 13.2. The van der Waals surface area contributed by atoms with E-state index >= 15 is 0 Å². The fourth-order valence-corrected chi connectivity index (χ4v) is 2.89. The average Bonchev–Trinajstić information content (AvgIpc) is 2.47. The third kappa shape index (κ3) is 2.33. The minimum atomic E-state index is -0.312. The van der Waals surface area contributed by atoms with E-state index in [0.29, 0.717) is 11.5 Å². The van der Waals surface area contributed by atoms with Crippen molar-refractivity contribution in [2.24, 2.45) is 5.92 Å². The summed E-state index contributed by atoms with van der Waals surface area (Å²) in [5.74, 6) is 0.103. The molecule has 2 nitrogen and oxygen atoms in total. The van der Waals surface area contributed by atoms with Gasteiger partial charge in [0.1, 0.15) is 5.82 Å². The van der Waals surface area contributed by atoms with Crippen LogP contribution in [-0.4, -0.2) is 23.4 Å². The molecule has 2 atom stereocenters.